The van der Waals surface area contributed by atoms with Crippen molar-refractivity contribution in [2.75, 3.05) is 12.4 Å². The maximum absolute atomic E-state index is 5.23. The number of methoxy groups -OCH3 is 1. The Labute approximate surface area is 108 Å². The molecule has 4 nitrogen and oxygen atoms in total. The predicted molar refractivity (Wildman–Crippen MR) is 73.5 cm³/mol. The molecule has 96 valence electrons. The highest BCUT2D eigenvalue weighted by Crippen LogP contribution is 2.21. The van der Waals surface area contributed by atoms with E-state index in [2.05, 4.69) is 31.2 Å². The van der Waals surface area contributed by atoms with Crippen molar-refractivity contribution in [2.45, 2.75) is 26.3 Å². The lowest BCUT2D eigenvalue weighted by Crippen LogP contribution is -2.27. The number of ether oxygens (including phenoxy) is 1. The van der Waals surface area contributed by atoms with Crippen LogP contribution < -0.4 is 10.1 Å². The molecule has 18 heavy (non-hydrogen) atoms. The van der Waals surface area contributed by atoms with Crippen LogP contribution in [0.1, 0.15) is 20.8 Å². The zero-order valence-electron chi connectivity index (χ0n) is 11.3. The first-order chi connectivity index (χ1) is 8.49. The van der Waals surface area contributed by atoms with Crippen molar-refractivity contribution >= 4 is 5.82 Å². The molecule has 0 radical (unpaired) electrons. The van der Waals surface area contributed by atoms with E-state index < -0.39 is 0 Å². The van der Waals surface area contributed by atoms with Crippen LogP contribution in [0, 0.1) is 0 Å². The Kier molecular flexibility index (Phi) is 3.28. The summed E-state index contributed by atoms with van der Waals surface area (Å²) < 4.78 is 7.10. The molecule has 0 saturated heterocycles. The number of rotatable bonds is 3. The predicted octanol–water partition coefficient (Wildman–Crippen LogP) is 3.09. The monoisotopic (exact) mass is 245 g/mol. The number of nitrogens with zero attached hydrogens (tertiary/aromatic N) is 2. The van der Waals surface area contributed by atoms with Crippen molar-refractivity contribution in [3.05, 3.63) is 36.5 Å². The molecule has 0 bridgehead atoms. The molecule has 0 aliphatic rings. The molecular weight excluding hydrogens is 226 g/mol. The summed E-state index contributed by atoms with van der Waals surface area (Å²) in [5.74, 6) is 1.79. The normalized spacial score (nSPS) is 11.3. The van der Waals surface area contributed by atoms with Gasteiger partial charge < -0.3 is 10.1 Å². The van der Waals surface area contributed by atoms with Crippen molar-refractivity contribution in [1.29, 1.82) is 0 Å². The van der Waals surface area contributed by atoms with Crippen LogP contribution in [-0.2, 0) is 0 Å². The summed E-state index contributed by atoms with van der Waals surface area (Å²) in [4.78, 5) is 0. The van der Waals surface area contributed by atoms with Gasteiger partial charge in [0, 0.05) is 17.7 Å². The molecule has 0 fully saturated rings. The van der Waals surface area contributed by atoms with E-state index in [4.69, 9.17) is 4.74 Å². The number of benzene rings is 1. The van der Waals surface area contributed by atoms with E-state index in [1.54, 1.807) is 13.3 Å². The first kappa shape index (κ1) is 12.5. The van der Waals surface area contributed by atoms with Gasteiger partial charge in [-0.15, -0.1) is 0 Å². The van der Waals surface area contributed by atoms with E-state index in [1.165, 1.54) is 0 Å². The van der Waals surface area contributed by atoms with Gasteiger partial charge in [-0.3, -0.25) is 0 Å². The average Bonchev–Trinajstić information content (AvgIpc) is 2.75. The van der Waals surface area contributed by atoms with Gasteiger partial charge in [-0.2, -0.15) is 5.10 Å². The van der Waals surface area contributed by atoms with Gasteiger partial charge >= 0.3 is 0 Å². The van der Waals surface area contributed by atoms with Gasteiger partial charge in [0.25, 0.3) is 0 Å². The van der Waals surface area contributed by atoms with Crippen LogP contribution in [-0.4, -0.2) is 22.4 Å². The largest absolute Gasteiger partial charge is 0.497 e. The Morgan fingerprint density at radius 2 is 2.00 bits per heavy atom. The molecule has 1 heterocycles. The Balaban J connectivity index is 2.36. The zero-order chi connectivity index (χ0) is 13.2. The fraction of sp³-hybridized carbons (Fsp3) is 0.357. The SMILES string of the molecule is COc1cccc(-n2nccc2NC(C)(C)C)c1. The average molecular weight is 245 g/mol. The maximum Gasteiger partial charge on any atom is 0.130 e. The van der Waals surface area contributed by atoms with Gasteiger partial charge in [-0.05, 0) is 32.9 Å². The van der Waals surface area contributed by atoms with E-state index in [0.29, 0.717) is 0 Å². The quantitative estimate of drug-likeness (QED) is 0.903. The summed E-state index contributed by atoms with van der Waals surface area (Å²) in [6.45, 7) is 6.36. The Morgan fingerprint density at radius 3 is 2.67 bits per heavy atom. The summed E-state index contributed by atoms with van der Waals surface area (Å²) in [5, 5.41) is 7.77. The maximum atomic E-state index is 5.23. The minimum absolute atomic E-state index is 0.00332. The van der Waals surface area contributed by atoms with Crippen LogP contribution in [0.3, 0.4) is 0 Å². The van der Waals surface area contributed by atoms with E-state index in [9.17, 15) is 0 Å². The second kappa shape index (κ2) is 4.72. The summed E-state index contributed by atoms with van der Waals surface area (Å²) in [7, 11) is 1.66. The van der Waals surface area contributed by atoms with Gasteiger partial charge in [-0.25, -0.2) is 4.68 Å². The molecule has 2 aromatic rings. The number of hydrogen-bond donors (Lipinski definition) is 1. The number of nitrogens with one attached hydrogen (secondary N) is 1. The Morgan fingerprint density at radius 1 is 1.22 bits per heavy atom. The van der Waals surface area contributed by atoms with Gasteiger partial charge in [-0.1, -0.05) is 6.07 Å². The molecular formula is C14H19N3O. The van der Waals surface area contributed by atoms with Crippen LogP contribution in [0.4, 0.5) is 5.82 Å². The van der Waals surface area contributed by atoms with Crippen molar-refractivity contribution in [3.8, 4) is 11.4 Å². The molecule has 0 saturated carbocycles. The molecule has 0 spiro atoms. The molecule has 0 amide bonds. The van der Waals surface area contributed by atoms with E-state index in [1.807, 2.05) is 35.0 Å². The molecule has 0 aliphatic heterocycles. The second-order valence-corrected chi connectivity index (χ2v) is 5.20. The van der Waals surface area contributed by atoms with Gasteiger partial charge in [0.15, 0.2) is 0 Å². The Hall–Kier alpha value is -1.97. The molecule has 0 unspecified atom stereocenters. The minimum Gasteiger partial charge on any atom is -0.497 e. The summed E-state index contributed by atoms with van der Waals surface area (Å²) in [6, 6.07) is 9.80. The number of anilines is 1. The third-order valence-corrected chi connectivity index (χ3v) is 2.44. The lowest BCUT2D eigenvalue weighted by molar-refractivity contribution is 0.414. The van der Waals surface area contributed by atoms with E-state index in [-0.39, 0.29) is 5.54 Å². The minimum atomic E-state index is -0.00332. The van der Waals surface area contributed by atoms with Crippen molar-refractivity contribution < 1.29 is 4.74 Å². The highest BCUT2D eigenvalue weighted by atomic mass is 16.5. The zero-order valence-corrected chi connectivity index (χ0v) is 11.3. The summed E-state index contributed by atoms with van der Waals surface area (Å²) in [6.07, 6.45) is 1.79. The highest BCUT2D eigenvalue weighted by Gasteiger charge is 2.13. The van der Waals surface area contributed by atoms with Crippen LogP contribution in [0.25, 0.3) is 5.69 Å². The third-order valence-electron chi connectivity index (χ3n) is 2.44. The van der Waals surface area contributed by atoms with Gasteiger partial charge in [0.2, 0.25) is 0 Å². The third kappa shape index (κ3) is 2.83. The lowest BCUT2D eigenvalue weighted by atomic mass is 10.1. The topological polar surface area (TPSA) is 39.1 Å². The molecule has 2 rings (SSSR count). The fourth-order valence-corrected chi connectivity index (χ4v) is 1.73. The highest BCUT2D eigenvalue weighted by molar-refractivity contribution is 5.48. The van der Waals surface area contributed by atoms with Crippen LogP contribution in [0.2, 0.25) is 0 Å². The number of aromatic nitrogens is 2. The number of hydrogen-bond acceptors (Lipinski definition) is 3. The fourth-order valence-electron chi connectivity index (χ4n) is 1.73. The van der Waals surface area contributed by atoms with Crippen molar-refractivity contribution in [1.82, 2.24) is 9.78 Å². The van der Waals surface area contributed by atoms with Gasteiger partial charge in [0.1, 0.15) is 11.6 Å². The van der Waals surface area contributed by atoms with Gasteiger partial charge in [0.05, 0.1) is 19.0 Å². The molecule has 4 heteroatoms. The van der Waals surface area contributed by atoms with Crippen molar-refractivity contribution in [2.24, 2.45) is 0 Å². The van der Waals surface area contributed by atoms with E-state index >= 15 is 0 Å². The van der Waals surface area contributed by atoms with Crippen molar-refractivity contribution in [3.63, 3.8) is 0 Å². The van der Waals surface area contributed by atoms with Crippen LogP contribution in [0.5, 0.6) is 5.75 Å². The van der Waals surface area contributed by atoms with E-state index in [0.717, 1.165) is 17.3 Å². The molecule has 0 aliphatic carbocycles. The molecule has 1 N–H and O–H groups in total. The summed E-state index contributed by atoms with van der Waals surface area (Å²) in [5.41, 5.74) is 0.975. The lowest BCUT2D eigenvalue weighted by Gasteiger charge is -2.22. The van der Waals surface area contributed by atoms with Crippen LogP contribution >= 0.6 is 0 Å². The standard InChI is InChI=1S/C14H19N3O/c1-14(2,3)16-13-8-9-15-17(13)11-6-5-7-12(10-11)18-4/h5-10,16H,1-4H3. The Bertz CT molecular complexity index is 526. The summed E-state index contributed by atoms with van der Waals surface area (Å²) >= 11 is 0. The second-order valence-electron chi connectivity index (χ2n) is 5.20. The molecule has 0 atom stereocenters. The smallest absolute Gasteiger partial charge is 0.130 e. The van der Waals surface area contributed by atoms with Crippen LogP contribution in [0.15, 0.2) is 36.5 Å². The molecule has 1 aromatic heterocycles. The first-order valence-electron chi connectivity index (χ1n) is 5.96. The molecule has 1 aromatic carbocycles. The first-order valence-corrected chi connectivity index (χ1v) is 5.96.